The molecule has 0 fully saturated rings. The predicted octanol–water partition coefficient (Wildman–Crippen LogP) is 3.31. The Morgan fingerprint density at radius 3 is 2.77 bits per heavy atom. The van der Waals surface area contributed by atoms with Crippen molar-refractivity contribution in [3.05, 3.63) is 41.5 Å². The van der Waals surface area contributed by atoms with Crippen molar-refractivity contribution < 1.29 is 14.2 Å². The van der Waals surface area contributed by atoms with Gasteiger partial charge in [0, 0.05) is 11.5 Å². The Balaban J connectivity index is 0.00000144. The number of nitrogens with two attached hydrogens (primary N) is 1. The highest BCUT2D eigenvalue weighted by atomic mass is 35.5. The summed E-state index contributed by atoms with van der Waals surface area (Å²) in [5.74, 6) is 2.82. The van der Waals surface area contributed by atoms with Crippen LogP contribution >= 0.6 is 12.4 Å². The molecule has 1 aliphatic heterocycles. The molecule has 2 aromatic rings. The van der Waals surface area contributed by atoms with Crippen LogP contribution in [0.25, 0.3) is 11.1 Å². The zero-order valence-electron chi connectivity index (χ0n) is 12.3. The molecule has 4 nitrogen and oxygen atoms in total. The van der Waals surface area contributed by atoms with Crippen molar-refractivity contribution >= 4 is 12.4 Å². The first-order valence-electron chi connectivity index (χ1n) is 7.14. The number of halogens is 1. The standard InChI is InChI=1S/C17H17NO3.ClH/c1-19-10-2-3-11-12-4-5-15-17(21-9-20-15)16(12)13(6-7-18)14(11)8-10;/h2-5,8,13H,6-7,9,18H2,1H3;1H. The predicted molar refractivity (Wildman–Crippen MR) is 87.3 cm³/mol. The third-order valence-corrected chi connectivity index (χ3v) is 4.31. The first-order valence-corrected chi connectivity index (χ1v) is 7.14. The smallest absolute Gasteiger partial charge is 0.231 e. The van der Waals surface area contributed by atoms with Crippen LogP contribution in [0.15, 0.2) is 30.3 Å². The summed E-state index contributed by atoms with van der Waals surface area (Å²) < 4.78 is 16.6. The molecule has 2 aliphatic rings. The second-order valence-corrected chi connectivity index (χ2v) is 5.34. The van der Waals surface area contributed by atoms with Gasteiger partial charge in [-0.05, 0) is 47.9 Å². The third kappa shape index (κ3) is 2.02. The molecule has 1 unspecified atom stereocenters. The molecule has 2 N–H and O–H groups in total. The molecule has 0 bridgehead atoms. The normalized spacial score (nSPS) is 16.7. The van der Waals surface area contributed by atoms with E-state index in [0.717, 1.165) is 23.7 Å². The Kier molecular flexibility index (Phi) is 3.89. The van der Waals surface area contributed by atoms with Gasteiger partial charge in [0.15, 0.2) is 11.5 Å². The fourth-order valence-corrected chi connectivity index (χ4v) is 3.40. The van der Waals surface area contributed by atoms with Crippen molar-refractivity contribution in [3.63, 3.8) is 0 Å². The van der Waals surface area contributed by atoms with Crippen LogP contribution < -0.4 is 19.9 Å². The summed E-state index contributed by atoms with van der Waals surface area (Å²) in [6.07, 6.45) is 0.882. The number of hydrogen-bond donors (Lipinski definition) is 1. The van der Waals surface area contributed by atoms with Gasteiger partial charge in [-0.2, -0.15) is 0 Å². The summed E-state index contributed by atoms with van der Waals surface area (Å²) in [5, 5.41) is 0. The Hall–Kier alpha value is -1.91. The van der Waals surface area contributed by atoms with Crippen molar-refractivity contribution in [1.29, 1.82) is 0 Å². The summed E-state index contributed by atoms with van der Waals surface area (Å²) in [6, 6.07) is 10.3. The van der Waals surface area contributed by atoms with Crippen molar-refractivity contribution in [3.8, 4) is 28.4 Å². The molecule has 5 heteroatoms. The fraction of sp³-hybridized carbons (Fsp3) is 0.294. The molecule has 0 amide bonds. The molecule has 0 saturated carbocycles. The molecule has 1 atom stereocenters. The van der Waals surface area contributed by atoms with Crippen LogP contribution in [-0.4, -0.2) is 20.4 Å². The Bertz CT molecular complexity index is 717. The highest BCUT2D eigenvalue weighted by molar-refractivity contribution is 5.85. The van der Waals surface area contributed by atoms with E-state index in [2.05, 4.69) is 18.2 Å². The lowest BCUT2D eigenvalue weighted by Gasteiger charge is -2.14. The maximum Gasteiger partial charge on any atom is 0.231 e. The lowest BCUT2D eigenvalue weighted by atomic mass is 9.92. The fourth-order valence-electron chi connectivity index (χ4n) is 3.40. The molecule has 0 radical (unpaired) electrons. The monoisotopic (exact) mass is 319 g/mol. The van der Waals surface area contributed by atoms with Gasteiger partial charge < -0.3 is 19.9 Å². The minimum absolute atomic E-state index is 0. The molecule has 4 rings (SSSR count). The van der Waals surface area contributed by atoms with E-state index in [-0.39, 0.29) is 18.3 Å². The average Bonchev–Trinajstić information content (AvgIpc) is 3.10. The van der Waals surface area contributed by atoms with Crippen LogP contribution in [0, 0.1) is 0 Å². The second-order valence-electron chi connectivity index (χ2n) is 5.34. The molecule has 0 spiro atoms. The maximum atomic E-state index is 5.84. The number of hydrogen-bond acceptors (Lipinski definition) is 4. The molecular formula is C17H18ClNO3. The quantitative estimate of drug-likeness (QED) is 0.943. The van der Waals surface area contributed by atoms with Gasteiger partial charge in [0.05, 0.1) is 7.11 Å². The van der Waals surface area contributed by atoms with Gasteiger partial charge in [0.1, 0.15) is 5.75 Å². The minimum Gasteiger partial charge on any atom is -0.497 e. The lowest BCUT2D eigenvalue weighted by Crippen LogP contribution is -2.07. The van der Waals surface area contributed by atoms with Gasteiger partial charge in [-0.3, -0.25) is 0 Å². The van der Waals surface area contributed by atoms with Gasteiger partial charge in [0.2, 0.25) is 6.79 Å². The number of methoxy groups -OCH3 is 1. The Labute approximate surface area is 135 Å². The van der Waals surface area contributed by atoms with E-state index >= 15 is 0 Å². The first-order chi connectivity index (χ1) is 10.3. The lowest BCUT2D eigenvalue weighted by molar-refractivity contribution is 0.173. The second kappa shape index (κ2) is 5.71. The Morgan fingerprint density at radius 1 is 1.18 bits per heavy atom. The van der Waals surface area contributed by atoms with E-state index in [1.165, 1.54) is 22.3 Å². The van der Waals surface area contributed by atoms with E-state index in [1.54, 1.807) is 7.11 Å². The topological polar surface area (TPSA) is 53.7 Å². The molecule has 22 heavy (non-hydrogen) atoms. The van der Waals surface area contributed by atoms with Gasteiger partial charge in [-0.15, -0.1) is 12.4 Å². The van der Waals surface area contributed by atoms with Crippen LogP contribution in [0.4, 0.5) is 0 Å². The Morgan fingerprint density at radius 2 is 2.00 bits per heavy atom. The average molecular weight is 320 g/mol. The van der Waals surface area contributed by atoms with Crippen LogP contribution in [-0.2, 0) is 0 Å². The number of benzene rings is 2. The molecule has 0 aromatic heterocycles. The summed E-state index contributed by atoms with van der Waals surface area (Å²) in [6.45, 7) is 0.923. The molecular weight excluding hydrogens is 302 g/mol. The van der Waals surface area contributed by atoms with Crippen LogP contribution in [0.2, 0.25) is 0 Å². The van der Waals surface area contributed by atoms with Gasteiger partial charge in [-0.1, -0.05) is 12.1 Å². The van der Waals surface area contributed by atoms with Gasteiger partial charge in [0.25, 0.3) is 0 Å². The van der Waals surface area contributed by atoms with Crippen molar-refractivity contribution in [2.24, 2.45) is 5.73 Å². The van der Waals surface area contributed by atoms with E-state index in [0.29, 0.717) is 13.3 Å². The van der Waals surface area contributed by atoms with E-state index in [1.807, 2.05) is 12.1 Å². The highest BCUT2D eigenvalue weighted by Gasteiger charge is 2.34. The van der Waals surface area contributed by atoms with Crippen LogP contribution in [0.5, 0.6) is 17.2 Å². The highest BCUT2D eigenvalue weighted by Crippen LogP contribution is 2.54. The molecule has 0 saturated heterocycles. The maximum absolute atomic E-state index is 5.84. The van der Waals surface area contributed by atoms with E-state index in [9.17, 15) is 0 Å². The van der Waals surface area contributed by atoms with Crippen LogP contribution in [0.1, 0.15) is 23.5 Å². The number of fused-ring (bicyclic) bond motifs is 5. The minimum atomic E-state index is 0. The van der Waals surface area contributed by atoms with E-state index < -0.39 is 0 Å². The first kappa shape index (κ1) is 15.0. The zero-order valence-corrected chi connectivity index (χ0v) is 13.1. The largest absolute Gasteiger partial charge is 0.497 e. The van der Waals surface area contributed by atoms with Crippen molar-refractivity contribution in [2.75, 3.05) is 20.4 Å². The van der Waals surface area contributed by atoms with Crippen LogP contribution in [0.3, 0.4) is 0 Å². The third-order valence-electron chi connectivity index (χ3n) is 4.31. The van der Waals surface area contributed by atoms with Gasteiger partial charge in [-0.25, -0.2) is 0 Å². The molecule has 116 valence electrons. The number of rotatable bonds is 3. The summed E-state index contributed by atoms with van der Waals surface area (Å²) in [4.78, 5) is 0. The molecule has 1 aliphatic carbocycles. The SMILES string of the molecule is COc1ccc2c(c1)C(CCN)c1c-2ccc2c1OCO2.Cl. The van der Waals surface area contributed by atoms with Crippen molar-refractivity contribution in [2.45, 2.75) is 12.3 Å². The summed E-state index contributed by atoms with van der Waals surface area (Å²) in [7, 11) is 1.69. The van der Waals surface area contributed by atoms with E-state index in [4.69, 9.17) is 19.9 Å². The van der Waals surface area contributed by atoms with Gasteiger partial charge >= 0.3 is 0 Å². The zero-order chi connectivity index (χ0) is 14.4. The summed E-state index contributed by atoms with van der Waals surface area (Å²) in [5.41, 5.74) is 10.8. The summed E-state index contributed by atoms with van der Waals surface area (Å²) >= 11 is 0. The number of ether oxygens (including phenoxy) is 3. The van der Waals surface area contributed by atoms with Crippen molar-refractivity contribution in [1.82, 2.24) is 0 Å². The molecule has 1 heterocycles. The molecule has 2 aromatic carbocycles.